The molecule has 2 N–H and O–H groups in total. The summed E-state index contributed by atoms with van der Waals surface area (Å²) in [5.74, 6) is -0.577. The van der Waals surface area contributed by atoms with Crippen molar-refractivity contribution in [1.82, 2.24) is 10.6 Å². The van der Waals surface area contributed by atoms with E-state index in [0.29, 0.717) is 0 Å². The largest absolute Gasteiger partial charge is 0.354 e. The van der Waals surface area contributed by atoms with Crippen LogP contribution in [0.3, 0.4) is 0 Å². The molecule has 1 atom stereocenters. The van der Waals surface area contributed by atoms with Crippen LogP contribution in [0.2, 0.25) is 5.02 Å². The molecule has 0 fully saturated rings. The van der Waals surface area contributed by atoms with Crippen LogP contribution in [0.1, 0.15) is 17.3 Å². The Hall–Kier alpha value is -1.63. The lowest BCUT2D eigenvalue weighted by Gasteiger charge is -2.22. The van der Waals surface area contributed by atoms with Gasteiger partial charge in [0.05, 0.1) is 16.6 Å². The summed E-state index contributed by atoms with van der Waals surface area (Å²) >= 11 is 5.87. The normalized spacial score (nSPS) is 12.1. The predicted molar refractivity (Wildman–Crippen MR) is 74.7 cm³/mol. The lowest BCUT2D eigenvalue weighted by atomic mass is 10.2. The molecule has 0 heterocycles. The van der Waals surface area contributed by atoms with E-state index in [9.17, 15) is 9.59 Å². The van der Waals surface area contributed by atoms with Gasteiger partial charge in [0, 0.05) is 14.2 Å². The number of methoxy groups -OCH3 is 2. The monoisotopic (exact) mass is 300 g/mol. The van der Waals surface area contributed by atoms with E-state index in [2.05, 4.69) is 10.6 Å². The van der Waals surface area contributed by atoms with Crippen molar-refractivity contribution in [3.05, 3.63) is 34.9 Å². The Morgan fingerprint density at radius 2 is 1.80 bits per heavy atom. The van der Waals surface area contributed by atoms with Crippen molar-refractivity contribution in [2.45, 2.75) is 19.3 Å². The zero-order chi connectivity index (χ0) is 15.1. The number of carbonyl (C=O) groups is 2. The fraction of sp³-hybridized carbons (Fsp3) is 0.385. The molecule has 0 spiro atoms. The van der Waals surface area contributed by atoms with Gasteiger partial charge in [-0.25, -0.2) is 4.79 Å². The van der Waals surface area contributed by atoms with Crippen LogP contribution in [-0.4, -0.2) is 38.5 Å². The highest BCUT2D eigenvalue weighted by molar-refractivity contribution is 6.34. The molecular formula is C13H17ClN2O4. The van der Waals surface area contributed by atoms with Gasteiger partial charge in [0.15, 0.2) is 6.29 Å². The van der Waals surface area contributed by atoms with Crippen molar-refractivity contribution >= 4 is 23.5 Å². The average Bonchev–Trinajstić information content (AvgIpc) is 2.40. The van der Waals surface area contributed by atoms with Gasteiger partial charge in [0.25, 0.3) is 5.91 Å². The summed E-state index contributed by atoms with van der Waals surface area (Å²) < 4.78 is 10.0. The fourth-order valence-electron chi connectivity index (χ4n) is 1.63. The molecule has 0 saturated heterocycles. The second kappa shape index (κ2) is 7.84. The fourth-order valence-corrected chi connectivity index (χ4v) is 1.85. The SMILES string of the molecule is COC(OC)[C@H](C)NC(=O)NC(=O)c1ccccc1Cl. The van der Waals surface area contributed by atoms with E-state index in [1.807, 2.05) is 0 Å². The number of urea groups is 1. The Bertz CT molecular complexity index is 477. The van der Waals surface area contributed by atoms with Gasteiger partial charge in [0.2, 0.25) is 0 Å². The molecule has 0 unspecified atom stereocenters. The van der Waals surface area contributed by atoms with E-state index in [0.717, 1.165) is 0 Å². The molecule has 0 bridgehead atoms. The lowest BCUT2D eigenvalue weighted by molar-refractivity contribution is -0.117. The Kier molecular flexibility index (Phi) is 6.44. The summed E-state index contributed by atoms with van der Waals surface area (Å²) in [4.78, 5) is 23.5. The first-order chi connectivity index (χ1) is 9.49. The third kappa shape index (κ3) is 4.48. The van der Waals surface area contributed by atoms with Gasteiger partial charge in [-0.2, -0.15) is 0 Å². The molecular weight excluding hydrogens is 284 g/mol. The van der Waals surface area contributed by atoms with Crippen LogP contribution in [0.25, 0.3) is 0 Å². The van der Waals surface area contributed by atoms with Gasteiger partial charge in [0.1, 0.15) is 0 Å². The van der Waals surface area contributed by atoms with Crippen LogP contribution in [0.5, 0.6) is 0 Å². The van der Waals surface area contributed by atoms with Gasteiger partial charge in [-0.15, -0.1) is 0 Å². The smallest absolute Gasteiger partial charge is 0.322 e. The predicted octanol–water partition coefficient (Wildman–Crippen LogP) is 1.79. The summed E-state index contributed by atoms with van der Waals surface area (Å²) in [6.07, 6.45) is -0.601. The van der Waals surface area contributed by atoms with Crippen molar-refractivity contribution in [2.75, 3.05) is 14.2 Å². The number of rotatable bonds is 5. The minimum atomic E-state index is -0.651. The van der Waals surface area contributed by atoms with Gasteiger partial charge in [-0.3, -0.25) is 10.1 Å². The minimum Gasteiger partial charge on any atom is -0.354 e. The van der Waals surface area contributed by atoms with Crippen molar-refractivity contribution in [3.63, 3.8) is 0 Å². The highest BCUT2D eigenvalue weighted by Crippen LogP contribution is 2.14. The van der Waals surface area contributed by atoms with Gasteiger partial charge in [-0.05, 0) is 19.1 Å². The Morgan fingerprint density at radius 3 is 2.35 bits per heavy atom. The molecule has 7 heteroatoms. The maximum absolute atomic E-state index is 11.8. The number of halogens is 1. The lowest BCUT2D eigenvalue weighted by Crippen LogP contribution is -2.48. The number of benzene rings is 1. The Balaban J connectivity index is 2.59. The van der Waals surface area contributed by atoms with Crippen molar-refractivity contribution in [3.8, 4) is 0 Å². The summed E-state index contributed by atoms with van der Waals surface area (Å²) in [6, 6.07) is 5.38. The summed E-state index contributed by atoms with van der Waals surface area (Å²) in [5.41, 5.74) is 0.229. The molecule has 110 valence electrons. The Morgan fingerprint density at radius 1 is 1.20 bits per heavy atom. The standard InChI is InChI=1S/C13H17ClN2O4/c1-8(12(19-2)20-3)15-13(18)16-11(17)9-6-4-5-7-10(9)14/h4-8,12H,1-3H3,(H2,15,16,17,18)/t8-/m0/s1. The van der Waals surface area contributed by atoms with Crippen LogP contribution in [0, 0.1) is 0 Å². The number of nitrogens with one attached hydrogen (secondary N) is 2. The molecule has 0 aliphatic heterocycles. The zero-order valence-electron chi connectivity index (χ0n) is 11.5. The second-order valence-corrected chi connectivity index (χ2v) is 4.44. The number of hydrogen-bond acceptors (Lipinski definition) is 4. The molecule has 6 nitrogen and oxygen atoms in total. The molecule has 1 aromatic rings. The quantitative estimate of drug-likeness (QED) is 0.813. The molecule has 1 rings (SSSR count). The third-order valence-corrected chi connectivity index (χ3v) is 2.91. The van der Waals surface area contributed by atoms with E-state index in [4.69, 9.17) is 21.1 Å². The minimum absolute atomic E-state index is 0.229. The molecule has 0 aliphatic carbocycles. The molecule has 1 aromatic carbocycles. The van der Waals surface area contributed by atoms with E-state index < -0.39 is 24.3 Å². The molecule has 0 saturated carbocycles. The second-order valence-electron chi connectivity index (χ2n) is 4.04. The molecule has 0 radical (unpaired) electrons. The number of imide groups is 1. The van der Waals surface area contributed by atoms with Gasteiger partial charge < -0.3 is 14.8 Å². The first kappa shape index (κ1) is 16.4. The first-order valence-electron chi connectivity index (χ1n) is 5.91. The first-order valence-corrected chi connectivity index (χ1v) is 6.29. The van der Waals surface area contributed by atoms with Crippen LogP contribution in [0.4, 0.5) is 4.79 Å². The zero-order valence-corrected chi connectivity index (χ0v) is 12.2. The van der Waals surface area contributed by atoms with Crippen molar-refractivity contribution in [2.24, 2.45) is 0 Å². The highest BCUT2D eigenvalue weighted by Gasteiger charge is 2.20. The summed E-state index contributed by atoms with van der Waals surface area (Å²) in [6.45, 7) is 1.69. The van der Waals surface area contributed by atoms with E-state index in [1.54, 1.807) is 25.1 Å². The molecule has 0 aliphatic rings. The van der Waals surface area contributed by atoms with Crippen LogP contribution in [-0.2, 0) is 9.47 Å². The van der Waals surface area contributed by atoms with E-state index >= 15 is 0 Å². The van der Waals surface area contributed by atoms with Gasteiger partial charge in [-0.1, -0.05) is 23.7 Å². The third-order valence-electron chi connectivity index (χ3n) is 2.58. The van der Waals surface area contributed by atoms with Crippen LogP contribution in [0.15, 0.2) is 24.3 Å². The Labute approximate surface area is 122 Å². The number of hydrogen-bond donors (Lipinski definition) is 2. The van der Waals surface area contributed by atoms with Gasteiger partial charge >= 0.3 is 6.03 Å². The molecule has 3 amide bonds. The average molecular weight is 301 g/mol. The van der Waals surface area contributed by atoms with Crippen LogP contribution < -0.4 is 10.6 Å². The topological polar surface area (TPSA) is 76.7 Å². The van der Waals surface area contributed by atoms with Crippen LogP contribution >= 0.6 is 11.6 Å². The number of carbonyl (C=O) groups excluding carboxylic acids is 2. The van der Waals surface area contributed by atoms with Crippen molar-refractivity contribution in [1.29, 1.82) is 0 Å². The van der Waals surface area contributed by atoms with Crippen molar-refractivity contribution < 1.29 is 19.1 Å². The maximum atomic E-state index is 11.8. The maximum Gasteiger partial charge on any atom is 0.322 e. The summed E-state index contributed by atoms with van der Waals surface area (Å²) in [5, 5.41) is 5.00. The van der Waals surface area contributed by atoms with E-state index in [1.165, 1.54) is 20.3 Å². The summed E-state index contributed by atoms with van der Waals surface area (Å²) in [7, 11) is 2.91. The number of ether oxygens (including phenoxy) is 2. The number of amides is 3. The highest BCUT2D eigenvalue weighted by atomic mass is 35.5. The van der Waals surface area contributed by atoms with E-state index in [-0.39, 0.29) is 10.6 Å². The molecule has 0 aromatic heterocycles. The molecule has 20 heavy (non-hydrogen) atoms.